The molecule has 0 aliphatic rings. The molecule has 72 valence electrons. The van der Waals surface area contributed by atoms with E-state index in [9.17, 15) is 4.79 Å². The second-order valence-corrected chi connectivity index (χ2v) is 3.83. The standard InChI is InChI=1S/C10H9NO2S/c12-10-6-8(13-11-10)7-14-9-4-2-1-3-5-9/h1-6H,7H2,(H,11,12). The Kier molecular flexibility index (Phi) is 2.74. The fraction of sp³-hybridized carbons (Fsp3) is 0.100. The van der Waals surface area contributed by atoms with Crippen LogP contribution in [0, 0.1) is 0 Å². The quantitative estimate of drug-likeness (QED) is 0.785. The smallest absolute Gasteiger partial charge is 0.280 e. The van der Waals surface area contributed by atoms with E-state index >= 15 is 0 Å². The molecule has 2 aromatic rings. The first-order valence-corrected chi connectivity index (χ1v) is 5.18. The summed E-state index contributed by atoms with van der Waals surface area (Å²) < 4.78 is 4.93. The number of H-pyrrole nitrogens is 1. The third-order valence-corrected chi connectivity index (χ3v) is 2.73. The van der Waals surface area contributed by atoms with Gasteiger partial charge < -0.3 is 4.52 Å². The molecule has 0 aliphatic heterocycles. The largest absolute Gasteiger partial charge is 0.383 e. The first kappa shape index (κ1) is 9.15. The maximum atomic E-state index is 10.7. The zero-order valence-corrected chi connectivity index (χ0v) is 8.21. The molecule has 1 aromatic carbocycles. The molecule has 0 spiro atoms. The van der Waals surface area contributed by atoms with Crippen molar-refractivity contribution in [3.05, 3.63) is 52.5 Å². The Balaban J connectivity index is 1.98. The van der Waals surface area contributed by atoms with Crippen molar-refractivity contribution in [2.75, 3.05) is 0 Å². The van der Waals surface area contributed by atoms with Gasteiger partial charge in [0.15, 0.2) is 0 Å². The maximum absolute atomic E-state index is 10.7. The van der Waals surface area contributed by atoms with Crippen LogP contribution in [0.3, 0.4) is 0 Å². The van der Waals surface area contributed by atoms with Gasteiger partial charge in [0.1, 0.15) is 5.76 Å². The van der Waals surface area contributed by atoms with Gasteiger partial charge in [-0.2, -0.15) is 5.16 Å². The van der Waals surface area contributed by atoms with Crippen molar-refractivity contribution in [1.82, 2.24) is 5.16 Å². The molecule has 0 radical (unpaired) electrons. The highest BCUT2D eigenvalue weighted by Gasteiger charge is 2.00. The van der Waals surface area contributed by atoms with Gasteiger partial charge in [0, 0.05) is 11.0 Å². The van der Waals surface area contributed by atoms with Crippen molar-refractivity contribution >= 4 is 11.8 Å². The lowest BCUT2D eigenvalue weighted by atomic mass is 10.4. The van der Waals surface area contributed by atoms with E-state index in [1.807, 2.05) is 30.3 Å². The van der Waals surface area contributed by atoms with E-state index in [4.69, 9.17) is 4.52 Å². The molecule has 0 fully saturated rings. The first-order chi connectivity index (χ1) is 6.84. The lowest BCUT2D eigenvalue weighted by molar-refractivity contribution is 0.390. The van der Waals surface area contributed by atoms with Gasteiger partial charge >= 0.3 is 0 Å². The minimum Gasteiger partial charge on any atom is -0.383 e. The highest BCUT2D eigenvalue weighted by atomic mass is 32.2. The van der Waals surface area contributed by atoms with Crippen LogP contribution in [0.4, 0.5) is 0 Å². The molecule has 1 heterocycles. The molecule has 0 bridgehead atoms. The van der Waals surface area contributed by atoms with Crippen LogP contribution in [-0.4, -0.2) is 5.16 Å². The van der Waals surface area contributed by atoms with E-state index in [1.54, 1.807) is 11.8 Å². The van der Waals surface area contributed by atoms with Crippen molar-refractivity contribution in [2.24, 2.45) is 0 Å². The number of aromatic amines is 1. The summed E-state index contributed by atoms with van der Waals surface area (Å²) in [6.45, 7) is 0. The molecular formula is C10H9NO2S. The predicted molar refractivity (Wildman–Crippen MR) is 55.3 cm³/mol. The summed E-state index contributed by atoms with van der Waals surface area (Å²) in [5.41, 5.74) is -0.186. The van der Waals surface area contributed by atoms with Crippen LogP contribution in [0.1, 0.15) is 5.76 Å². The van der Waals surface area contributed by atoms with Gasteiger partial charge in [-0.15, -0.1) is 11.8 Å². The van der Waals surface area contributed by atoms with Crippen molar-refractivity contribution in [1.29, 1.82) is 0 Å². The predicted octanol–water partition coefficient (Wildman–Crippen LogP) is 2.26. The van der Waals surface area contributed by atoms with Crippen LogP contribution in [0.15, 0.2) is 50.6 Å². The molecule has 1 aromatic heterocycles. The van der Waals surface area contributed by atoms with Crippen LogP contribution in [0.25, 0.3) is 0 Å². The zero-order chi connectivity index (χ0) is 9.80. The van der Waals surface area contributed by atoms with Crippen molar-refractivity contribution in [3.63, 3.8) is 0 Å². The summed E-state index contributed by atoms with van der Waals surface area (Å²) in [4.78, 5) is 11.9. The minimum atomic E-state index is -0.186. The van der Waals surface area contributed by atoms with E-state index in [-0.39, 0.29) is 5.56 Å². The van der Waals surface area contributed by atoms with Crippen LogP contribution >= 0.6 is 11.8 Å². The van der Waals surface area contributed by atoms with E-state index in [0.29, 0.717) is 11.5 Å². The Bertz CT molecular complexity index is 446. The molecule has 0 amide bonds. The molecule has 0 unspecified atom stereocenters. The average molecular weight is 207 g/mol. The fourth-order valence-corrected chi connectivity index (χ4v) is 1.86. The van der Waals surface area contributed by atoms with Gasteiger partial charge in [0.2, 0.25) is 0 Å². The third kappa shape index (κ3) is 2.29. The molecule has 0 saturated carbocycles. The summed E-state index contributed by atoms with van der Waals surface area (Å²) in [5.74, 6) is 1.34. The van der Waals surface area contributed by atoms with Crippen molar-refractivity contribution < 1.29 is 4.52 Å². The Morgan fingerprint density at radius 3 is 2.71 bits per heavy atom. The lowest BCUT2D eigenvalue weighted by Gasteiger charge is -1.96. The highest BCUT2D eigenvalue weighted by Crippen LogP contribution is 2.20. The number of benzene rings is 1. The Hall–Kier alpha value is -1.42. The molecule has 0 saturated heterocycles. The first-order valence-electron chi connectivity index (χ1n) is 4.20. The van der Waals surface area contributed by atoms with E-state index in [2.05, 4.69) is 5.16 Å². The van der Waals surface area contributed by atoms with Gasteiger partial charge in [-0.25, -0.2) is 0 Å². The molecule has 0 atom stereocenters. The molecular weight excluding hydrogens is 198 g/mol. The Morgan fingerprint density at radius 1 is 1.29 bits per heavy atom. The SMILES string of the molecule is O=c1cc(CSc2ccccc2)o[nH]1. The molecule has 2 rings (SSSR count). The zero-order valence-electron chi connectivity index (χ0n) is 7.40. The number of hydrogen-bond donors (Lipinski definition) is 1. The lowest BCUT2D eigenvalue weighted by Crippen LogP contribution is -1.92. The topological polar surface area (TPSA) is 46.0 Å². The molecule has 0 aliphatic carbocycles. The fourth-order valence-electron chi connectivity index (χ4n) is 1.06. The van der Waals surface area contributed by atoms with E-state index < -0.39 is 0 Å². The molecule has 1 N–H and O–H groups in total. The van der Waals surface area contributed by atoms with Crippen LogP contribution in [0.5, 0.6) is 0 Å². The van der Waals surface area contributed by atoms with Gasteiger partial charge in [-0.05, 0) is 12.1 Å². The van der Waals surface area contributed by atoms with Crippen LogP contribution in [0.2, 0.25) is 0 Å². The monoisotopic (exact) mass is 207 g/mol. The summed E-state index contributed by atoms with van der Waals surface area (Å²) in [6, 6.07) is 11.5. The number of aromatic nitrogens is 1. The Labute approximate surface area is 85.1 Å². The number of thioether (sulfide) groups is 1. The second-order valence-electron chi connectivity index (χ2n) is 2.78. The van der Waals surface area contributed by atoms with Gasteiger partial charge in [0.05, 0.1) is 5.75 Å². The molecule has 14 heavy (non-hydrogen) atoms. The summed E-state index contributed by atoms with van der Waals surface area (Å²) in [6.07, 6.45) is 0. The maximum Gasteiger partial charge on any atom is 0.280 e. The number of hydrogen-bond acceptors (Lipinski definition) is 3. The minimum absolute atomic E-state index is 0.186. The number of nitrogens with one attached hydrogen (secondary N) is 1. The molecule has 4 heteroatoms. The van der Waals surface area contributed by atoms with E-state index in [0.717, 1.165) is 4.90 Å². The van der Waals surface area contributed by atoms with Gasteiger partial charge in [-0.1, -0.05) is 18.2 Å². The number of rotatable bonds is 3. The molecule has 3 nitrogen and oxygen atoms in total. The van der Waals surface area contributed by atoms with Crippen LogP contribution in [-0.2, 0) is 5.75 Å². The second kappa shape index (κ2) is 4.19. The van der Waals surface area contributed by atoms with Gasteiger partial charge in [-0.3, -0.25) is 4.79 Å². The van der Waals surface area contributed by atoms with Crippen molar-refractivity contribution in [3.8, 4) is 0 Å². The Morgan fingerprint density at radius 2 is 2.07 bits per heavy atom. The van der Waals surface area contributed by atoms with Crippen molar-refractivity contribution in [2.45, 2.75) is 10.6 Å². The average Bonchev–Trinajstić information content (AvgIpc) is 2.63. The van der Waals surface area contributed by atoms with Crippen LogP contribution < -0.4 is 5.56 Å². The summed E-state index contributed by atoms with van der Waals surface area (Å²) >= 11 is 1.63. The van der Waals surface area contributed by atoms with Gasteiger partial charge in [0.25, 0.3) is 5.56 Å². The highest BCUT2D eigenvalue weighted by molar-refractivity contribution is 7.98. The summed E-state index contributed by atoms with van der Waals surface area (Å²) in [7, 11) is 0. The summed E-state index contributed by atoms with van der Waals surface area (Å²) in [5, 5.41) is 2.26. The third-order valence-electron chi connectivity index (χ3n) is 1.70. The normalized spacial score (nSPS) is 10.3. The van der Waals surface area contributed by atoms with E-state index in [1.165, 1.54) is 6.07 Å².